The number of carbonyl (C=O) groups is 1. The summed E-state index contributed by atoms with van der Waals surface area (Å²) >= 11 is 1.67. The van der Waals surface area contributed by atoms with E-state index in [2.05, 4.69) is 32.4 Å². The highest BCUT2D eigenvalue weighted by molar-refractivity contribution is 7.07. The SMILES string of the molecule is CN=C(NCCC(=O)NCc1ccccc1)NCc1ccsc1. The third-order valence-electron chi connectivity index (χ3n) is 3.24. The Morgan fingerprint density at radius 1 is 1.04 bits per heavy atom. The number of amides is 1. The molecule has 1 heterocycles. The van der Waals surface area contributed by atoms with Gasteiger partial charge in [0.2, 0.25) is 5.91 Å². The van der Waals surface area contributed by atoms with Gasteiger partial charge in [0, 0.05) is 33.1 Å². The number of rotatable bonds is 7. The molecule has 0 aliphatic heterocycles. The number of hydrogen-bond donors (Lipinski definition) is 3. The zero-order chi connectivity index (χ0) is 16.3. The van der Waals surface area contributed by atoms with E-state index in [0.717, 1.165) is 12.1 Å². The average Bonchev–Trinajstić information content (AvgIpc) is 3.10. The summed E-state index contributed by atoms with van der Waals surface area (Å²) in [5.74, 6) is 0.724. The zero-order valence-corrected chi connectivity index (χ0v) is 14.0. The van der Waals surface area contributed by atoms with E-state index in [1.165, 1.54) is 5.56 Å². The number of carbonyl (C=O) groups excluding carboxylic acids is 1. The first-order valence-corrected chi connectivity index (χ1v) is 8.48. The van der Waals surface area contributed by atoms with Gasteiger partial charge in [-0.25, -0.2) is 0 Å². The fraction of sp³-hybridized carbons (Fsp3) is 0.294. The van der Waals surface area contributed by atoms with Crippen molar-refractivity contribution in [2.24, 2.45) is 4.99 Å². The molecule has 0 spiro atoms. The van der Waals surface area contributed by atoms with E-state index >= 15 is 0 Å². The van der Waals surface area contributed by atoms with Gasteiger partial charge in [-0.15, -0.1) is 0 Å². The number of hydrogen-bond acceptors (Lipinski definition) is 3. The monoisotopic (exact) mass is 330 g/mol. The van der Waals surface area contributed by atoms with Gasteiger partial charge in [-0.3, -0.25) is 9.79 Å². The molecule has 0 saturated heterocycles. The Hall–Kier alpha value is -2.34. The summed E-state index contributed by atoms with van der Waals surface area (Å²) in [5, 5.41) is 13.4. The van der Waals surface area contributed by atoms with Crippen LogP contribution in [0.25, 0.3) is 0 Å². The molecule has 0 saturated carbocycles. The Morgan fingerprint density at radius 3 is 2.52 bits per heavy atom. The molecule has 6 heteroatoms. The second-order valence-electron chi connectivity index (χ2n) is 5.00. The van der Waals surface area contributed by atoms with Crippen molar-refractivity contribution in [3.63, 3.8) is 0 Å². The molecule has 1 aromatic carbocycles. The summed E-state index contributed by atoms with van der Waals surface area (Å²) in [6.07, 6.45) is 0.409. The van der Waals surface area contributed by atoms with Crippen molar-refractivity contribution in [2.45, 2.75) is 19.5 Å². The molecule has 23 heavy (non-hydrogen) atoms. The third-order valence-corrected chi connectivity index (χ3v) is 3.97. The van der Waals surface area contributed by atoms with Crippen LogP contribution in [-0.2, 0) is 17.9 Å². The molecule has 0 radical (unpaired) electrons. The summed E-state index contributed by atoms with van der Waals surface area (Å²) in [7, 11) is 1.72. The molecule has 3 N–H and O–H groups in total. The molecular weight excluding hydrogens is 308 g/mol. The number of nitrogens with one attached hydrogen (secondary N) is 3. The standard InChI is InChI=1S/C17H22N4OS/c1-18-17(21-12-15-8-10-23-13-15)19-9-7-16(22)20-11-14-5-3-2-4-6-14/h2-6,8,10,13H,7,9,11-12H2,1H3,(H,20,22)(H2,18,19,21). The number of benzene rings is 1. The lowest BCUT2D eigenvalue weighted by molar-refractivity contribution is -0.121. The van der Waals surface area contributed by atoms with Gasteiger partial charge >= 0.3 is 0 Å². The number of guanidine groups is 1. The molecule has 1 aromatic heterocycles. The van der Waals surface area contributed by atoms with E-state index < -0.39 is 0 Å². The lowest BCUT2D eigenvalue weighted by Gasteiger charge is -2.11. The van der Waals surface area contributed by atoms with Crippen molar-refractivity contribution < 1.29 is 4.79 Å². The second-order valence-corrected chi connectivity index (χ2v) is 5.78. The largest absolute Gasteiger partial charge is 0.356 e. The van der Waals surface area contributed by atoms with Gasteiger partial charge in [-0.2, -0.15) is 11.3 Å². The maximum Gasteiger partial charge on any atom is 0.222 e. The summed E-state index contributed by atoms with van der Waals surface area (Å²) in [6.45, 7) is 1.83. The van der Waals surface area contributed by atoms with Crippen molar-refractivity contribution in [3.05, 3.63) is 58.3 Å². The molecule has 0 atom stereocenters. The zero-order valence-electron chi connectivity index (χ0n) is 13.2. The number of aliphatic imine (C=N–C) groups is 1. The van der Waals surface area contributed by atoms with E-state index in [4.69, 9.17) is 0 Å². The van der Waals surface area contributed by atoms with Crippen LogP contribution in [0, 0.1) is 0 Å². The minimum Gasteiger partial charge on any atom is -0.356 e. The van der Waals surface area contributed by atoms with Crippen LogP contribution in [0.5, 0.6) is 0 Å². The van der Waals surface area contributed by atoms with Crippen LogP contribution in [0.15, 0.2) is 52.2 Å². The van der Waals surface area contributed by atoms with Gasteiger partial charge in [-0.1, -0.05) is 30.3 Å². The normalized spacial score (nSPS) is 11.1. The minimum absolute atomic E-state index is 0.0228. The summed E-state index contributed by atoms with van der Waals surface area (Å²) in [4.78, 5) is 16.0. The van der Waals surface area contributed by atoms with E-state index in [1.54, 1.807) is 18.4 Å². The van der Waals surface area contributed by atoms with Crippen molar-refractivity contribution in [3.8, 4) is 0 Å². The van der Waals surface area contributed by atoms with Gasteiger partial charge in [0.25, 0.3) is 0 Å². The van der Waals surface area contributed by atoms with Crippen LogP contribution < -0.4 is 16.0 Å². The van der Waals surface area contributed by atoms with Crippen LogP contribution in [0.2, 0.25) is 0 Å². The molecule has 0 aliphatic rings. The highest BCUT2D eigenvalue weighted by Crippen LogP contribution is 2.04. The van der Waals surface area contributed by atoms with Crippen LogP contribution >= 0.6 is 11.3 Å². The van der Waals surface area contributed by atoms with Gasteiger partial charge in [-0.05, 0) is 28.0 Å². The maximum absolute atomic E-state index is 11.8. The Balaban J connectivity index is 1.61. The maximum atomic E-state index is 11.8. The first-order chi connectivity index (χ1) is 11.3. The summed E-state index contributed by atoms with van der Waals surface area (Å²) in [6, 6.07) is 12.0. The Kier molecular flexibility index (Phi) is 7.13. The van der Waals surface area contributed by atoms with Crippen molar-refractivity contribution in [1.29, 1.82) is 0 Å². The van der Waals surface area contributed by atoms with Crippen LogP contribution in [0.3, 0.4) is 0 Å². The van der Waals surface area contributed by atoms with Gasteiger partial charge in [0.05, 0.1) is 0 Å². The fourth-order valence-corrected chi connectivity index (χ4v) is 2.65. The van der Waals surface area contributed by atoms with E-state index in [1.807, 2.05) is 35.7 Å². The highest BCUT2D eigenvalue weighted by atomic mass is 32.1. The van der Waals surface area contributed by atoms with E-state index in [-0.39, 0.29) is 5.91 Å². The molecule has 0 bridgehead atoms. The smallest absolute Gasteiger partial charge is 0.222 e. The molecular formula is C17H22N4OS. The van der Waals surface area contributed by atoms with Crippen molar-refractivity contribution in [2.75, 3.05) is 13.6 Å². The first-order valence-electron chi connectivity index (χ1n) is 7.54. The molecule has 0 fully saturated rings. The van der Waals surface area contributed by atoms with E-state index in [9.17, 15) is 4.79 Å². The van der Waals surface area contributed by atoms with E-state index in [0.29, 0.717) is 25.5 Å². The third kappa shape index (κ3) is 6.52. The van der Waals surface area contributed by atoms with Crippen molar-refractivity contribution in [1.82, 2.24) is 16.0 Å². The van der Waals surface area contributed by atoms with Crippen LogP contribution in [0.4, 0.5) is 0 Å². The minimum atomic E-state index is 0.0228. The topological polar surface area (TPSA) is 65.5 Å². The van der Waals surface area contributed by atoms with Crippen LogP contribution in [0.1, 0.15) is 17.5 Å². The molecule has 1 amide bonds. The fourth-order valence-electron chi connectivity index (χ4n) is 1.98. The van der Waals surface area contributed by atoms with Crippen LogP contribution in [-0.4, -0.2) is 25.5 Å². The second kappa shape index (κ2) is 9.63. The molecule has 0 aliphatic carbocycles. The molecule has 5 nitrogen and oxygen atoms in total. The predicted molar refractivity (Wildman–Crippen MR) is 95.4 cm³/mol. The molecule has 2 aromatic rings. The number of nitrogens with zero attached hydrogens (tertiary/aromatic N) is 1. The lowest BCUT2D eigenvalue weighted by atomic mass is 10.2. The molecule has 0 unspecified atom stereocenters. The Labute approximate surface area is 140 Å². The van der Waals surface area contributed by atoms with Gasteiger partial charge < -0.3 is 16.0 Å². The van der Waals surface area contributed by atoms with Gasteiger partial charge in [0.15, 0.2) is 5.96 Å². The Morgan fingerprint density at radius 2 is 1.83 bits per heavy atom. The predicted octanol–water partition coefficient (Wildman–Crippen LogP) is 2.12. The lowest BCUT2D eigenvalue weighted by Crippen LogP contribution is -2.38. The summed E-state index contributed by atoms with van der Waals surface area (Å²) < 4.78 is 0. The van der Waals surface area contributed by atoms with Gasteiger partial charge in [0.1, 0.15) is 0 Å². The number of thiophene rings is 1. The quantitative estimate of drug-likeness (QED) is 0.538. The molecule has 122 valence electrons. The summed E-state index contributed by atoms with van der Waals surface area (Å²) in [5.41, 5.74) is 2.32. The first kappa shape index (κ1) is 17.0. The average molecular weight is 330 g/mol. The Bertz CT molecular complexity index is 611. The highest BCUT2D eigenvalue weighted by Gasteiger charge is 2.03. The molecule has 2 rings (SSSR count). The van der Waals surface area contributed by atoms with Crippen molar-refractivity contribution >= 4 is 23.2 Å².